The van der Waals surface area contributed by atoms with Gasteiger partial charge in [-0.25, -0.2) is 4.98 Å². The molecule has 1 aromatic heterocycles. The second kappa shape index (κ2) is 3.89. The third-order valence-corrected chi connectivity index (χ3v) is 3.51. The predicted octanol–water partition coefficient (Wildman–Crippen LogP) is 1.50. The molecule has 86 valence electrons. The van der Waals surface area contributed by atoms with Gasteiger partial charge in [-0.05, 0) is 12.1 Å². The Kier molecular flexibility index (Phi) is 2.36. The molecule has 5 nitrogen and oxygen atoms in total. The number of fused-ring (bicyclic) bond motifs is 1. The summed E-state index contributed by atoms with van der Waals surface area (Å²) in [6, 6.07) is 7.59. The Hall–Kier alpha value is -1.82. The van der Waals surface area contributed by atoms with E-state index in [9.17, 15) is 9.59 Å². The van der Waals surface area contributed by atoms with Crippen molar-refractivity contribution in [3.8, 4) is 0 Å². The molecule has 3 rings (SSSR count). The molecular formula is C11H8N2O3S. The number of carbonyl (C=O) groups is 2. The molecule has 1 aliphatic heterocycles. The van der Waals surface area contributed by atoms with E-state index in [1.165, 1.54) is 11.8 Å². The Bertz CT molecular complexity index is 575. The Balaban J connectivity index is 1.85. The van der Waals surface area contributed by atoms with Crippen molar-refractivity contribution in [2.75, 3.05) is 0 Å². The lowest BCUT2D eigenvalue weighted by Crippen LogP contribution is -2.09. The number of carbonyl (C=O) groups excluding carboxylic acids is 2. The first-order chi connectivity index (χ1) is 8.22. The normalized spacial score (nSPS) is 19.9. The van der Waals surface area contributed by atoms with Gasteiger partial charge >= 0.3 is 11.9 Å². The van der Waals surface area contributed by atoms with Gasteiger partial charge in [0.15, 0.2) is 5.16 Å². The zero-order valence-electron chi connectivity index (χ0n) is 8.67. The van der Waals surface area contributed by atoms with Crippen LogP contribution >= 0.6 is 11.8 Å². The number of rotatable bonds is 2. The molecule has 1 aromatic carbocycles. The number of para-hydroxylation sites is 2. The highest BCUT2D eigenvalue weighted by atomic mass is 32.2. The number of cyclic esters (lactones) is 2. The Morgan fingerprint density at radius 2 is 2.18 bits per heavy atom. The van der Waals surface area contributed by atoms with Crippen LogP contribution in [0.15, 0.2) is 29.4 Å². The first-order valence-corrected chi connectivity index (χ1v) is 5.96. The number of nitrogens with one attached hydrogen (secondary N) is 1. The number of aromatic nitrogens is 2. The summed E-state index contributed by atoms with van der Waals surface area (Å²) >= 11 is 1.23. The second-order valence-corrected chi connectivity index (χ2v) is 4.85. The van der Waals surface area contributed by atoms with Crippen LogP contribution in [0.4, 0.5) is 0 Å². The minimum absolute atomic E-state index is 0.112. The molecule has 0 aliphatic carbocycles. The number of hydrogen-bond acceptors (Lipinski definition) is 5. The monoisotopic (exact) mass is 248 g/mol. The van der Waals surface area contributed by atoms with Crippen LogP contribution in [0.3, 0.4) is 0 Å². The third kappa shape index (κ3) is 1.91. The fourth-order valence-electron chi connectivity index (χ4n) is 1.66. The van der Waals surface area contributed by atoms with Crippen LogP contribution in [-0.2, 0) is 14.3 Å². The summed E-state index contributed by atoms with van der Waals surface area (Å²) in [5.74, 6) is -0.955. The van der Waals surface area contributed by atoms with E-state index in [2.05, 4.69) is 14.7 Å². The zero-order chi connectivity index (χ0) is 11.8. The molecule has 0 amide bonds. The van der Waals surface area contributed by atoms with Crippen molar-refractivity contribution in [1.82, 2.24) is 9.97 Å². The third-order valence-electron chi connectivity index (χ3n) is 2.45. The highest BCUT2D eigenvalue weighted by Gasteiger charge is 2.34. The first kappa shape index (κ1) is 10.3. The smallest absolute Gasteiger partial charge is 0.327 e. The fraction of sp³-hybridized carbons (Fsp3) is 0.182. The number of H-pyrrole nitrogens is 1. The molecule has 0 bridgehead atoms. The molecule has 1 fully saturated rings. The maximum Gasteiger partial charge on any atom is 0.327 e. The van der Waals surface area contributed by atoms with Crippen LogP contribution in [-0.4, -0.2) is 27.2 Å². The summed E-state index contributed by atoms with van der Waals surface area (Å²) in [7, 11) is 0. The van der Waals surface area contributed by atoms with E-state index in [1.807, 2.05) is 24.3 Å². The van der Waals surface area contributed by atoms with Gasteiger partial charge in [0.2, 0.25) is 0 Å². The molecule has 2 heterocycles. The molecular weight excluding hydrogens is 240 g/mol. The summed E-state index contributed by atoms with van der Waals surface area (Å²) in [5, 5.41) is 0.144. The van der Waals surface area contributed by atoms with Crippen molar-refractivity contribution in [2.45, 2.75) is 16.8 Å². The van der Waals surface area contributed by atoms with Crippen molar-refractivity contribution in [2.24, 2.45) is 0 Å². The van der Waals surface area contributed by atoms with Gasteiger partial charge < -0.3 is 9.72 Å². The van der Waals surface area contributed by atoms with Crippen LogP contribution in [0.5, 0.6) is 0 Å². The van der Waals surface area contributed by atoms with Crippen LogP contribution in [0.25, 0.3) is 11.0 Å². The molecule has 0 radical (unpaired) electrons. The van der Waals surface area contributed by atoms with Gasteiger partial charge in [0.1, 0.15) is 5.25 Å². The number of esters is 2. The quantitative estimate of drug-likeness (QED) is 0.644. The molecule has 1 atom stereocenters. The number of imidazole rings is 1. The largest absolute Gasteiger partial charge is 0.392 e. The second-order valence-electron chi connectivity index (χ2n) is 3.66. The van der Waals surface area contributed by atoms with Crippen molar-refractivity contribution in [1.29, 1.82) is 0 Å². The van der Waals surface area contributed by atoms with Crippen LogP contribution in [0, 0.1) is 0 Å². The summed E-state index contributed by atoms with van der Waals surface area (Å²) in [6.07, 6.45) is 0.112. The molecule has 0 saturated carbocycles. The molecule has 1 saturated heterocycles. The SMILES string of the molecule is O=C1CC(Sc2nc3ccccc3[nH]2)C(=O)O1. The van der Waals surface area contributed by atoms with Crippen LogP contribution in [0.1, 0.15) is 6.42 Å². The van der Waals surface area contributed by atoms with Gasteiger partial charge in [-0.15, -0.1) is 0 Å². The minimum Gasteiger partial charge on any atom is -0.392 e. The summed E-state index contributed by atoms with van der Waals surface area (Å²) in [5.41, 5.74) is 1.75. The number of nitrogens with zero attached hydrogens (tertiary/aromatic N) is 1. The molecule has 1 unspecified atom stereocenters. The number of benzene rings is 1. The zero-order valence-corrected chi connectivity index (χ0v) is 9.49. The average molecular weight is 248 g/mol. The number of aromatic amines is 1. The van der Waals surface area contributed by atoms with Crippen molar-refractivity contribution < 1.29 is 14.3 Å². The lowest BCUT2D eigenvalue weighted by Gasteiger charge is -1.99. The van der Waals surface area contributed by atoms with E-state index in [0.29, 0.717) is 5.16 Å². The molecule has 1 aliphatic rings. The van der Waals surface area contributed by atoms with E-state index < -0.39 is 17.2 Å². The number of ether oxygens (including phenoxy) is 1. The minimum atomic E-state index is -0.486. The maximum atomic E-state index is 11.3. The fourth-order valence-corrected chi connectivity index (χ4v) is 2.62. The van der Waals surface area contributed by atoms with Gasteiger partial charge in [-0.3, -0.25) is 9.59 Å². The van der Waals surface area contributed by atoms with Crippen LogP contribution in [0.2, 0.25) is 0 Å². The molecule has 2 aromatic rings. The van der Waals surface area contributed by atoms with E-state index in [4.69, 9.17) is 0 Å². The van der Waals surface area contributed by atoms with E-state index in [-0.39, 0.29) is 6.42 Å². The van der Waals surface area contributed by atoms with Gasteiger partial charge in [0, 0.05) is 0 Å². The molecule has 0 spiro atoms. The highest BCUT2D eigenvalue weighted by molar-refractivity contribution is 8.00. The Morgan fingerprint density at radius 3 is 2.88 bits per heavy atom. The van der Waals surface area contributed by atoms with Gasteiger partial charge in [-0.1, -0.05) is 23.9 Å². The summed E-state index contributed by atoms with van der Waals surface area (Å²) < 4.78 is 4.48. The van der Waals surface area contributed by atoms with E-state index in [1.54, 1.807) is 0 Å². The number of thioether (sulfide) groups is 1. The first-order valence-electron chi connectivity index (χ1n) is 5.08. The topological polar surface area (TPSA) is 72.0 Å². The molecule has 17 heavy (non-hydrogen) atoms. The van der Waals surface area contributed by atoms with E-state index >= 15 is 0 Å². The maximum absolute atomic E-state index is 11.3. The van der Waals surface area contributed by atoms with Crippen molar-refractivity contribution in [3.05, 3.63) is 24.3 Å². The van der Waals surface area contributed by atoms with Gasteiger partial charge in [0.25, 0.3) is 0 Å². The van der Waals surface area contributed by atoms with Crippen molar-refractivity contribution >= 4 is 34.7 Å². The highest BCUT2D eigenvalue weighted by Crippen LogP contribution is 2.29. The standard InChI is InChI=1S/C11H8N2O3S/c14-9-5-8(10(15)16-9)17-11-12-6-3-1-2-4-7(6)13-11/h1-4,8H,5H2,(H,12,13). The summed E-state index contributed by atoms with van der Waals surface area (Å²) in [4.78, 5) is 29.7. The molecule has 6 heteroatoms. The molecule has 1 N–H and O–H groups in total. The van der Waals surface area contributed by atoms with Crippen LogP contribution < -0.4 is 0 Å². The van der Waals surface area contributed by atoms with Crippen molar-refractivity contribution in [3.63, 3.8) is 0 Å². The lowest BCUT2D eigenvalue weighted by molar-refractivity contribution is -0.151. The van der Waals surface area contributed by atoms with Gasteiger partial charge in [-0.2, -0.15) is 0 Å². The Morgan fingerprint density at radius 1 is 1.35 bits per heavy atom. The van der Waals surface area contributed by atoms with E-state index in [0.717, 1.165) is 11.0 Å². The lowest BCUT2D eigenvalue weighted by atomic mass is 10.3. The summed E-state index contributed by atoms with van der Waals surface area (Å²) in [6.45, 7) is 0. The average Bonchev–Trinajstić information content (AvgIpc) is 2.82. The Labute approximate surface area is 101 Å². The predicted molar refractivity (Wildman–Crippen MR) is 61.5 cm³/mol. The van der Waals surface area contributed by atoms with Gasteiger partial charge in [0.05, 0.1) is 17.5 Å². The number of hydrogen-bond donors (Lipinski definition) is 1.